The molecule has 0 unspecified atom stereocenters. The third-order valence-electron chi connectivity index (χ3n) is 5.79. The molecule has 1 amide bonds. The number of piperidine rings is 1. The van der Waals surface area contributed by atoms with E-state index in [4.69, 9.17) is 23.2 Å². The van der Waals surface area contributed by atoms with Crippen LogP contribution >= 0.6 is 23.2 Å². The lowest BCUT2D eigenvalue weighted by atomic mass is 9.97. The highest BCUT2D eigenvalue weighted by Gasteiger charge is 2.32. The van der Waals surface area contributed by atoms with Crippen LogP contribution in [0.4, 0.5) is 5.82 Å². The normalized spacial score (nSPS) is 15.5. The van der Waals surface area contributed by atoms with Gasteiger partial charge in [-0.15, -0.1) is 0 Å². The number of rotatable bonds is 6. The average molecular weight is 507 g/mol. The van der Waals surface area contributed by atoms with Crippen molar-refractivity contribution in [2.45, 2.75) is 31.2 Å². The zero-order valence-electron chi connectivity index (χ0n) is 18.0. The number of hydrogen-bond acceptors (Lipinski definition) is 4. The maximum Gasteiger partial charge on any atom is 0.243 e. The Morgan fingerprint density at radius 2 is 1.76 bits per heavy atom. The largest absolute Gasteiger partial charge is 0.309 e. The van der Waals surface area contributed by atoms with Gasteiger partial charge in [-0.05, 0) is 55.7 Å². The predicted octanol–water partition coefficient (Wildman–Crippen LogP) is 4.59. The maximum atomic E-state index is 12.8. The molecule has 0 radical (unpaired) electrons. The Kier molecular flexibility index (Phi) is 7.09. The minimum atomic E-state index is -3.61. The lowest BCUT2D eigenvalue weighted by molar-refractivity contribution is -0.120. The lowest BCUT2D eigenvalue weighted by Gasteiger charge is -2.30. The highest BCUT2D eigenvalue weighted by molar-refractivity contribution is 7.89. The standard InChI is InChI=1S/C23H24Cl2N4O3S/c1-16-14-22(27-29(16)15-18-4-2-3-5-21(18)25)26-23(30)17-10-12-28(13-11-17)33(31,32)20-8-6-19(24)7-9-20/h2-9,14,17H,10-13,15H2,1H3,(H,26,27,30). The molecular formula is C23H24Cl2N4O3S. The highest BCUT2D eigenvalue weighted by Crippen LogP contribution is 2.26. The summed E-state index contributed by atoms with van der Waals surface area (Å²) < 4.78 is 28.9. The van der Waals surface area contributed by atoms with Crippen LogP contribution in [-0.2, 0) is 21.4 Å². The topological polar surface area (TPSA) is 84.3 Å². The molecule has 3 aromatic rings. The van der Waals surface area contributed by atoms with Crippen molar-refractivity contribution in [1.29, 1.82) is 0 Å². The van der Waals surface area contributed by atoms with E-state index in [0.29, 0.717) is 35.2 Å². The summed E-state index contributed by atoms with van der Waals surface area (Å²) in [6.45, 7) is 2.98. The number of aryl methyl sites for hydroxylation is 1. The second-order valence-electron chi connectivity index (χ2n) is 8.04. The van der Waals surface area contributed by atoms with E-state index in [1.165, 1.54) is 16.4 Å². The van der Waals surface area contributed by atoms with E-state index in [-0.39, 0.29) is 29.8 Å². The Balaban J connectivity index is 1.36. The quantitative estimate of drug-likeness (QED) is 0.529. The fourth-order valence-corrected chi connectivity index (χ4v) is 5.65. The summed E-state index contributed by atoms with van der Waals surface area (Å²) in [6.07, 6.45) is 0.885. The zero-order chi connectivity index (χ0) is 23.6. The van der Waals surface area contributed by atoms with Crippen LogP contribution in [0.1, 0.15) is 24.1 Å². The minimum absolute atomic E-state index is 0.152. The second-order valence-corrected chi connectivity index (χ2v) is 10.8. The molecule has 174 valence electrons. The van der Waals surface area contributed by atoms with Gasteiger partial charge in [0.1, 0.15) is 0 Å². The summed E-state index contributed by atoms with van der Waals surface area (Å²) >= 11 is 12.1. The van der Waals surface area contributed by atoms with Gasteiger partial charge in [0, 0.05) is 40.8 Å². The van der Waals surface area contributed by atoms with Crippen molar-refractivity contribution in [3.8, 4) is 0 Å². The van der Waals surface area contributed by atoms with Crippen LogP contribution in [0, 0.1) is 12.8 Å². The van der Waals surface area contributed by atoms with E-state index in [0.717, 1.165) is 11.3 Å². The second kappa shape index (κ2) is 9.85. The third-order valence-corrected chi connectivity index (χ3v) is 8.32. The van der Waals surface area contributed by atoms with Crippen molar-refractivity contribution in [3.05, 3.63) is 75.9 Å². The van der Waals surface area contributed by atoms with Gasteiger partial charge in [-0.1, -0.05) is 41.4 Å². The van der Waals surface area contributed by atoms with Gasteiger partial charge >= 0.3 is 0 Å². The number of sulfonamides is 1. The minimum Gasteiger partial charge on any atom is -0.309 e. The number of hydrogen-bond donors (Lipinski definition) is 1. The molecule has 10 heteroatoms. The first kappa shape index (κ1) is 23.8. The van der Waals surface area contributed by atoms with E-state index in [2.05, 4.69) is 10.4 Å². The molecule has 0 saturated carbocycles. The van der Waals surface area contributed by atoms with Gasteiger partial charge in [0.15, 0.2) is 5.82 Å². The first-order valence-corrected chi connectivity index (χ1v) is 12.8. The van der Waals surface area contributed by atoms with Crippen molar-refractivity contribution in [3.63, 3.8) is 0 Å². The Bertz CT molecular complexity index is 1250. The molecule has 33 heavy (non-hydrogen) atoms. The Morgan fingerprint density at radius 3 is 2.42 bits per heavy atom. The number of halogens is 2. The van der Waals surface area contributed by atoms with Crippen LogP contribution < -0.4 is 5.32 Å². The highest BCUT2D eigenvalue weighted by atomic mass is 35.5. The van der Waals surface area contributed by atoms with Gasteiger partial charge in [-0.3, -0.25) is 9.48 Å². The van der Waals surface area contributed by atoms with E-state index >= 15 is 0 Å². The molecule has 1 N–H and O–H groups in total. The van der Waals surface area contributed by atoms with E-state index in [1.807, 2.05) is 37.3 Å². The smallest absolute Gasteiger partial charge is 0.243 e. The molecule has 2 heterocycles. The summed E-state index contributed by atoms with van der Waals surface area (Å²) in [4.78, 5) is 13.0. The molecule has 1 aliphatic rings. The van der Waals surface area contributed by atoms with Gasteiger partial charge in [-0.25, -0.2) is 8.42 Å². The molecule has 1 aliphatic heterocycles. The first-order chi connectivity index (χ1) is 15.7. The van der Waals surface area contributed by atoms with Gasteiger partial charge in [0.2, 0.25) is 15.9 Å². The number of carbonyl (C=O) groups excluding carboxylic acids is 1. The summed E-state index contributed by atoms with van der Waals surface area (Å²) in [5.74, 6) is 0.0393. The van der Waals surface area contributed by atoms with Gasteiger partial charge in [-0.2, -0.15) is 9.40 Å². The number of amides is 1. The first-order valence-electron chi connectivity index (χ1n) is 10.6. The lowest BCUT2D eigenvalue weighted by Crippen LogP contribution is -2.41. The maximum absolute atomic E-state index is 12.8. The molecule has 0 aliphatic carbocycles. The monoisotopic (exact) mass is 506 g/mol. The number of nitrogens with one attached hydrogen (secondary N) is 1. The number of anilines is 1. The van der Waals surface area contributed by atoms with Crippen molar-refractivity contribution < 1.29 is 13.2 Å². The number of aromatic nitrogens is 2. The fourth-order valence-electron chi connectivity index (χ4n) is 3.86. The molecule has 4 rings (SSSR count). The van der Waals surface area contributed by atoms with Gasteiger partial charge in [0.25, 0.3) is 0 Å². The molecule has 7 nitrogen and oxygen atoms in total. The van der Waals surface area contributed by atoms with Gasteiger partial charge in [0.05, 0.1) is 11.4 Å². The Hall–Kier alpha value is -2.39. The summed E-state index contributed by atoms with van der Waals surface area (Å²) in [5.41, 5.74) is 1.84. The molecule has 0 bridgehead atoms. The average Bonchev–Trinajstić information content (AvgIpc) is 3.14. The van der Waals surface area contributed by atoms with E-state index in [1.54, 1.807) is 16.8 Å². The predicted molar refractivity (Wildman–Crippen MR) is 129 cm³/mol. The van der Waals surface area contributed by atoms with E-state index in [9.17, 15) is 13.2 Å². The third kappa shape index (κ3) is 5.41. The SMILES string of the molecule is Cc1cc(NC(=O)C2CCN(S(=O)(=O)c3ccc(Cl)cc3)CC2)nn1Cc1ccccc1Cl. The van der Waals surface area contributed by atoms with Crippen molar-refractivity contribution in [2.75, 3.05) is 18.4 Å². The molecule has 0 atom stereocenters. The van der Waals surface area contributed by atoms with Crippen molar-refractivity contribution in [1.82, 2.24) is 14.1 Å². The van der Waals surface area contributed by atoms with Crippen molar-refractivity contribution in [2.24, 2.45) is 5.92 Å². The summed E-state index contributed by atoms with van der Waals surface area (Å²) in [5, 5.41) is 8.51. The zero-order valence-corrected chi connectivity index (χ0v) is 20.4. The number of benzene rings is 2. The van der Waals surface area contributed by atoms with Crippen LogP contribution in [-0.4, -0.2) is 41.5 Å². The molecule has 1 fully saturated rings. The van der Waals surface area contributed by atoms with Crippen LogP contribution in [0.3, 0.4) is 0 Å². The molecule has 1 saturated heterocycles. The van der Waals surface area contributed by atoms with Crippen LogP contribution in [0.25, 0.3) is 0 Å². The fraction of sp³-hybridized carbons (Fsp3) is 0.304. The molecule has 1 aromatic heterocycles. The van der Waals surface area contributed by atoms with Crippen LogP contribution in [0.5, 0.6) is 0 Å². The Morgan fingerprint density at radius 1 is 1.09 bits per heavy atom. The molecule has 2 aromatic carbocycles. The molecule has 0 spiro atoms. The van der Waals surface area contributed by atoms with E-state index < -0.39 is 10.0 Å². The van der Waals surface area contributed by atoms with Crippen molar-refractivity contribution >= 4 is 45.0 Å². The summed E-state index contributed by atoms with van der Waals surface area (Å²) in [6, 6.07) is 15.5. The van der Waals surface area contributed by atoms with Gasteiger partial charge < -0.3 is 5.32 Å². The van der Waals surface area contributed by atoms with Crippen LogP contribution in [0.2, 0.25) is 10.0 Å². The number of carbonyl (C=O) groups is 1. The number of nitrogens with zero attached hydrogens (tertiary/aromatic N) is 3. The Labute approximate surface area is 203 Å². The van der Waals surface area contributed by atoms with Crippen LogP contribution in [0.15, 0.2) is 59.5 Å². The molecular weight excluding hydrogens is 483 g/mol. The summed E-state index contributed by atoms with van der Waals surface area (Å²) in [7, 11) is -3.61.